The molecular weight excluding hydrogens is 213 g/mol. The smallest absolute Gasteiger partial charge is 0.498 e. The predicted octanol–water partition coefficient (Wildman–Crippen LogP) is 0.620. The molecule has 0 amide bonds. The van der Waals surface area contributed by atoms with E-state index in [1.807, 2.05) is 0 Å². The lowest BCUT2D eigenvalue weighted by molar-refractivity contribution is 0.0527. The SMILES string of the molecule is CC(C)(C)OC(=O)n1cccc1OB(O)O. The third-order valence-corrected chi connectivity index (χ3v) is 1.53. The van der Waals surface area contributed by atoms with Crippen molar-refractivity contribution in [1.29, 1.82) is 0 Å². The van der Waals surface area contributed by atoms with E-state index in [-0.39, 0.29) is 5.88 Å². The molecule has 0 radical (unpaired) electrons. The molecule has 0 fully saturated rings. The zero-order chi connectivity index (χ0) is 12.3. The number of hydrogen-bond acceptors (Lipinski definition) is 5. The van der Waals surface area contributed by atoms with Gasteiger partial charge in [0.1, 0.15) is 5.60 Å². The number of ether oxygens (including phenoxy) is 1. The van der Waals surface area contributed by atoms with E-state index in [9.17, 15) is 4.79 Å². The first kappa shape index (κ1) is 12.6. The van der Waals surface area contributed by atoms with E-state index in [0.717, 1.165) is 4.57 Å². The molecular formula is C9H14BNO5. The average molecular weight is 227 g/mol. The van der Waals surface area contributed by atoms with Crippen molar-refractivity contribution in [2.24, 2.45) is 0 Å². The predicted molar refractivity (Wildman–Crippen MR) is 56.9 cm³/mol. The Balaban J connectivity index is 2.80. The zero-order valence-corrected chi connectivity index (χ0v) is 9.38. The minimum atomic E-state index is -1.98. The van der Waals surface area contributed by atoms with Crippen molar-refractivity contribution < 1.29 is 24.2 Å². The fourth-order valence-electron chi connectivity index (χ4n) is 1.03. The molecule has 16 heavy (non-hydrogen) atoms. The van der Waals surface area contributed by atoms with Crippen LogP contribution in [0.2, 0.25) is 0 Å². The van der Waals surface area contributed by atoms with Gasteiger partial charge in [0.15, 0.2) is 5.88 Å². The van der Waals surface area contributed by atoms with Crippen molar-refractivity contribution >= 4 is 13.4 Å². The van der Waals surface area contributed by atoms with E-state index < -0.39 is 19.0 Å². The molecule has 1 aromatic rings. The lowest BCUT2D eigenvalue weighted by atomic mass is 10.2. The first-order chi connectivity index (χ1) is 7.29. The van der Waals surface area contributed by atoms with Gasteiger partial charge in [0.25, 0.3) is 0 Å². The Hall–Kier alpha value is -1.47. The highest BCUT2D eigenvalue weighted by Gasteiger charge is 2.21. The van der Waals surface area contributed by atoms with Crippen LogP contribution in [0.25, 0.3) is 0 Å². The van der Waals surface area contributed by atoms with Crippen LogP contribution in [0, 0.1) is 0 Å². The Labute approximate surface area is 93.6 Å². The van der Waals surface area contributed by atoms with Gasteiger partial charge >= 0.3 is 13.4 Å². The van der Waals surface area contributed by atoms with Gasteiger partial charge in [-0.05, 0) is 32.9 Å². The molecule has 0 spiro atoms. The molecule has 0 bridgehead atoms. The summed E-state index contributed by atoms with van der Waals surface area (Å²) in [6.45, 7) is 5.20. The number of hydrogen-bond donors (Lipinski definition) is 2. The third-order valence-electron chi connectivity index (χ3n) is 1.53. The molecule has 2 N–H and O–H groups in total. The van der Waals surface area contributed by atoms with Crippen molar-refractivity contribution in [3.05, 3.63) is 18.3 Å². The van der Waals surface area contributed by atoms with Crippen molar-refractivity contribution in [3.8, 4) is 5.88 Å². The van der Waals surface area contributed by atoms with E-state index >= 15 is 0 Å². The first-order valence-electron chi connectivity index (χ1n) is 4.73. The van der Waals surface area contributed by atoms with Gasteiger partial charge in [-0.15, -0.1) is 0 Å². The van der Waals surface area contributed by atoms with Crippen molar-refractivity contribution in [2.45, 2.75) is 26.4 Å². The monoisotopic (exact) mass is 227 g/mol. The van der Waals surface area contributed by atoms with E-state index in [4.69, 9.17) is 14.8 Å². The first-order valence-corrected chi connectivity index (χ1v) is 4.73. The quantitative estimate of drug-likeness (QED) is 0.723. The largest absolute Gasteiger partial charge is 0.708 e. The molecule has 1 heterocycles. The summed E-state index contributed by atoms with van der Waals surface area (Å²) in [4.78, 5) is 11.6. The minimum Gasteiger partial charge on any atom is -0.498 e. The van der Waals surface area contributed by atoms with Gasteiger partial charge in [-0.2, -0.15) is 0 Å². The molecule has 0 saturated heterocycles. The van der Waals surface area contributed by atoms with Gasteiger partial charge < -0.3 is 19.4 Å². The molecule has 1 aromatic heterocycles. The van der Waals surface area contributed by atoms with Crippen LogP contribution in [0.4, 0.5) is 4.79 Å². The van der Waals surface area contributed by atoms with Gasteiger partial charge in [-0.1, -0.05) is 0 Å². The van der Waals surface area contributed by atoms with Crippen molar-refractivity contribution in [1.82, 2.24) is 4.57 Å². The van der Waals surface area contributed by atoms with Gasteiger partial charge in [0, 0.05) is 6.20 Å². The van der Waals surface area contributed by atoms with Crippen LogP contribution >= 0.6 is 0 Å². The maximum atomic E-state index is 11.6. The van der Waals surface area contributed by atoms with Gasteiger partial charge in [0.05, 0.1) is 0 Å². The van der Waals surface area contributed by atoms with Gasteiger partial charge in [0.2, 0.25) is 0 Å². The van der Waals surface area contributed by atoms with Crippen LogP contribution in [0.1, 0.15) is 20.8 Å². The highest BCUT2D eigenvalue weighted by Crippen LogP contribution is 2.16. The number of carbonyl (C=O) groups excluding carboxylic acids is 1. The summed E-state index contributed by atoms with van der Waals surface area (Å²) in [7, 11) is -1.98. The second kappa shape index (κ2) is 4.59. The molecule has 0 aliphatic rings. The van der Waals surface area contributed by atoms with E-state index in [1.54, 1.807) is 20.8 Å². The van der Waals surface area contributed by atoms with Crippen molar-refractivity contribution in [3.63, 3.8) is 0 Å². The summed E-state index contributed by atoms with van der Waals surface area (Å²) < 4.78 is 10.7. The second-order valence-corrected chi connectivity index (χ2v) is 4.14. The highest BCUT2D eigenvalue weighted by molar-refractivity contribution is 6.33. The molecule has 6 nitrogen and oxygen atoms in total. The molecule has 88 valence electrons. The Morgan fingerprint density at radius 2 is 2.06 bits per heavy atom. The van der Waals surface area contributed by atoms with Crippen LogP contribution < -0.4 is 4.65 Å². The van der Waals surface area contributed by atoms with Crippen LogP contribution in [-0.4, -0.2) is 33.6 Å². The Morgan fingerprint density at radius 1 is 1.44 bits per heavy atom. The third kappa shape index (κ3) is 3.60. The summed E-state index contributed by atoms with van der Waals surface area (Å²) in [5.41, 5.74) is -0.629. The fraction of sp³-hybridized carbons (Fsp3) is 0.444. The van der Waals surface area contributed by atoms with E-state index in [1.165, 1.54) is 18.3 Å². The van der Waals surface area contributed by atoms with Gasteiger partial charge in [-0.3, -0.25) is 0 Å². The van der Waals surface area contributed by atoms with E-state index in [0.29, 0.717) is 0 Å². The van der Waals surface area contributed by atoms with Crippen LogP contribution in [-0.2, 0) is 4.74 Å². The van der Waals surface area contributed by atoms with Crippen LogP contribution in [0.3, 0.4) is 0 Å². The summed E-state index contributed by atoms with van der Waals surface area (Å²) in [5, 5.41) is 17.3. The number of nitrogens with zero attached hydrogens (tertiary/aromatic N) is 1. The molecule has 7 heteroatoms. The van der Waals surface area contributed by atoms with Crippen molar-refractivity contribution in [2.75, 3.05) is 0 Å². The second-order valence-electron chi connectivity index (χ2n) is 4.14. The summed E-state index contributed by atoms with van der Waals surface area (Å²) in [5.74, 6) is 0.00394. The normalized spacial score (nSPS) is 11.1. The fourth-order valence-corrected chi connectivity index (χ4v) is 1.03. The maximum Gasteiger partial charge on any atom is 0.708 e. The van der Waals surface area contributed by atoms with E-state index in [2.05, 4.69) is 4.65 Å². The van der Waals surface area contributed by atoms with Crippen LogP contribution in [0.15, 0.2) is 18.3 Å². The molecule has 0 aliphatic heterocycles. The summed E-state index contributed by atoms with van der Waals surface area (Å²) in [6, 6.07) is 2.95. The maximum absolute atomic E-state index is 11.6. The number of rotatable bonds is 2. The van der Waals surface area contributed by atoms with Crippen LogP contribution in [0.5, 0.6) is 5.88 Å². The lowest BCUT2D eigenvalue weighted by Gasteiger charge is -2.20. The Kier molecular flexibility index (Phi) is 3.61. The standard InChI is InChI=1S/C9H14BNO5/c1-9(2,3)15-8(12)11-6-4-5-7(11)16-10(13)14/h4-6,13-14H,1-3H3. The summed E-state index contributed by atoms with van der Waals surface area (Å²) in [6.07, 6.45) is 0.763. The molecule has 0 unspecified atom stereocenters. The highest BCUT2D eigenvalue weighted by atomic mass is 16.6. The Bertz CT molecular complexity index is 368. The molecule has 0 aliphatic carbocycles. The number of aromatic nitrogens is 1. The molecule has 1 rings (SSSR count). The lowest BCUT2D eigenvalue weighted by Crippen LogP contribution is -2.29. The molecule has 0 aromatic carbocycles. The topological polar surface area (TPSA) is 80.9 Å². The molecule has 0 atom stereocenters. The summed E-state index contributed by atoms with van der Waals surface area (Å²) >= 11 is 0. The average Bonchev–Trinajstić information content (AvgIpc) is 2.47. The Morgan fingerprint density at radius 3 is 2.56 bits per heavy atom. The molecule has 0 saturated carbocycles. The zero-order valence-electron chi connectivity index (χ0n) is 9.38. The minimum absolute atomic E-state index is 0.00394. The van der Waals surface area contributed by atoms with Gasteiger partial charge in [-0.25, -0.2) is 9.36 Å². The number of carbonyl (C=O) groups is 1.